The topological polar surface area (TPSA) is 86.8 Å². The predicted octanol–water partition coefficient (Wildman–Crippen LogP) is 5.18. The van der Waals surface area contributed by atoms with Crippen LogP contribution in [0.1, 0.15) is 38.8 Å². The third-order valence-corrected chi connectivity index (χ3v) is 7.87. The van der Waals surface area contributed by atoms with E-state index in [1.807, 2.05) is 52.0 Å². The summed E-state index contributed by atoms with van der Waals surface area (Å²) < 4.78 is 28.5. The lowest BCUT2D eigenvalue weighted by atomic mass is 10.1. The fourth-order valence-corrected chi connectivity index (χ4v) is 5.46. The number of benzene rings is 3. The molecule has 0 aliphatic heterocycles. The molecule has 1 N–H and O–H groups in total. The van der Waals surface area contributed by atoms with Crippen LogP contribution in [0.5, 0.6) is 0 Å². The first-order valence-corrected chi connectivity index (χ1v) is 14.1. The first-order chi connectivity index (χ1) is 17.8. The van der Waals surface area contributed by atoms with Gasteiger partial charge in [0.15, 0.2) is 0 Å². The van der Waals surface area contributed by atoms with Gasteiger partial charge in [0.25, 0.3) is 10.0 Å². The summed E-state index contributed by atoms with van der Waals surface area (Å²) in [5.74, 6) is -0.838. The minimum Gasteiger partial charge on any atom is -0.350 e. The molecule has 0 aliphatic carbocycles. The monoisotopic (exact) mass is 555 g/mol. The fourth-order valence-electron chi connectivity index (χ4n) is 3.92. The number of sulfonamides is 1. The molecule has 0 aromatic heterocycles. The second kappa shape index (κ2) is 12.0. The summed E-state index contributed by atoms with van der Waals surface area (Å²) in [6.07, 6.45) is 0. The second-order valence-electron chi connectivity index (χ2n) is 10.2. The number of anilines is 1. The van der Waals surface area contributed by atoms with Crippen LogP contribution >= 0.6 is 11.6 Å². The van der Waals surface area contributed by atoms with E-state index in [9.17, 15) is 18.0 Å². The summed E-state index contributed by atoms with van der Waals surface area (Å²) in [6.45, 7) is 8.83. The number of para-hydroxylation sites is 1. The zero-order valence-electron chi connectivity index (χ0n) is 22.3. The van der Waals surface area contributed by atoms with Crippen molar-refractivity contribution in [2.75, 3.05) is 10.8 Å². The van der Waals surface area contributed by atoms with E-state index in [1.54, 1.807) is 37.3 Å². The Kier molecular flexibility index (Phi) is 9.22. The summed E-state index contributed by atoms with van der Waals surface area (Å²) >= 11 is 5.98. The Morgan fingerprint density at radius 1 is 0.947 bits per heavy atom. The molecule has 0 spiro atoms. The Bertz CT molecular complexity index is 1370. The molecule has 38 heavy (non-hydrogen) atoms. The first-order valence-electron chi connectivity index (χ1n) is 12.3. The molecular formula is C29H34ClN3O4S. The van der Waals surface area contributed by atoms with E-state index in [0.29, 0.717) is 10.7 Å². The van der Waals surface area contributed by atoms with Crippen molar-refractivity contribution in [3.8, 4) is 0 Å². The Morgan fingerprint density at radius 3 is 2.16 bits per heavy atom. The standard InChI is InChI=1S/C29H34ClN3O4S/c1-21-10-9-11-23(18-21)19-32(22(2)28(35)31-29(3,4)5)27(34)20-33(25-12-7-6-8-13-25)38(36,37)26-16-14-24(30)15-17-26/h6-18,22H,19-20H2,1-5H3,(H,31,35). The van der Waals surface area contributed by atoms with E-state index in [4.69, 9.17) is 11.6 Å². The zero-order valence-corrected chi connectivity index (χ0v) is 23.9. The molecule has 0 radical (unpaired) electrons. The number of nitrogens with one attached hydrogen (secondary N) is 1. The van der Waals surface area contributed by atoms with Gasteiger partial charge in [0.1, 0.15) is 12.6 Å². The van der Waals surface area contributed by atoms with Crippen LogP contribution in [-0.4, -0.2) is 43.3 Å². The molecule has 202 valence electrons. The molecule has 0 aliphatic rings. The van der Waals surface area contributed by atoms with E-state index < -0.39 is 34.1 Å². The Morgan fingerprint density at radius 2 is 1.58 bits per heavy atom. The number of aryl methyl sites for hydroxylation is 1. The molecule has 3 aromatic carbocycles. The van der Waals surface area contributed by atoms with Crippen LogP contribution < -0.4 is 9.62 Å². The van der Waals surface area contributed by atoms with Crippen LogP contribution in [0, 0.1) is 6.92 Å². The van der Waals surface area contributed by atoms with Crippen molar-refractivity contribution >= 4 is 39.1 Å². The van der Waals surface area contributed by atoms with Gasteiger partial charge in [-0.05, 0) is 76.6 Å². The normalized spacial score (nSPS) is 12.5. The Labute approximate surface area is 230 Å². The molecule has 0 heterocycles. The third kappa shape index (κ3) is 7.58. The van der Waals surface area contributed by atoms with Gasteiger partial charge in [0, 0.05) is 17.1 Å². The molecule has 0 saturated carbocycles. The van der Waals surface area contributed by atoms with E-state index in [1.165, 1.54) is 29.2 Å². The summed E-state index contributed by atoms with van der Waals surface area (Å²) in [4.78, 5) is 28.4. The number of hydrogen-bond acceptors (Lipinski definition) is 4. The first kappa shape index (κ1) is 29.2. The summed E-state index contributed by atoms with van der Waals surface area (Å²) in [7, 11) is -4.13. The predicted molar refractivity (Wildman–Crippen MR) is 152 cm³/mol. The van der Waals surface area contributed by atoms with Crippen molar-refractivity contribution in [1.82, 2.24) is 10.2 Å². The second-order valence-corrected chi connectivity index (χ2v) is 12.5. The van der Waals surface area contributed by atoms with E-state index in [0.717, 1.165) is 15.4 Å². The number of halogens is 1. The van der Waals surface area contributed by atoms with Gasteiger partial charge >= 0.3 is 0 Å². The number of nitrogens with zero attached hydrogens (tertiary/aromatic N) is 2. The van der Waals surface area contributed by atoms with Gasteiger partial charge in [0.2, 0.25) is 11.8 Å². The zero-order chi connectivity index (χ0) is 28.1. The highest BCUT2D eigenvalue weighted by molar-refractivity contribution is 7.92. The van der Waals surface area contributed by atoms with Gasteiger partial charge in [-0.25, -0.2) is 8.42 Å². The number of rotatable bonds is 9. The lowest BCUT2D eigenvalue weighted by Crippen LogP contribution is -2.54. The van der Waals surface area contributed by atoms with Crippen molar-refractivity contribution in [1.29, 1.82) is 0 Å². The smallest absolute Gasteiger partial charge is 0.264 e. The van der Waals surface area contributed by atoms with Crippen molar-refractivity contribution < 1.29 is 18.0 Å². The van der Waals surface area contributed by atoms with Gasteiger partial charge in [-0.3, -0.25) is 13.9 Å². The van der Waals surface area contributed by atoms with Gasteiger partial charge in [-0.15, -0.1) is 0 Å². The van der Waals surface area contributed by atoms with Crippen molar-refractivity contribution in [2.24, 2.45) is 0 Å². The van der Waals surface area contributed by atoms with Gasteiger partial charge in [-0.1, -0.05) is 59.6 Å². The number of carbonyl (C=O) groups excluding carboxylic acids is 2. The average Bonchev–Trinajstić information content (AvgIpc) is 2.85. The molecule has 2 amide bonds. The third-order valence-electron chi connectivity index (χ3n) is 5.83. The quantitative estimate of drug-likeness (QED) is 0.394. The van der Waals surface area contributed by atoms with Crippen LogP contribution in [0.3, 0.4) is 0 Å². The van der Waals surface area contributed by atoms with Crippen molar-refractivity contribution in [3.63, 3.8) is 0 Å². The van der Waals surface area contributed by atoms with Crippen molar-refractivity contribution in [3.05, 3.63) is 95.0 Å². The minimum atomic E-state index is -4.13. The maximum absolute atomic E-state index is 13.9. The number of carbonyl (C=O) groups is 2. The Balaban J connectivity index is 2.01. The van der Waals surface area contributed by atoms with E-state index in [2.05, 4.69) is 5.32 Å². The molecule has 1 atom stereocenters. The highest BCUT2D eigenvalue weighted by atomic mass is 35.5. The van der Waals surface area contributed by atoms with Crippen LogP contribution in [0.4, 0.5) is 5.69 Å². The van der Waals surface area contributed by atoms with Crippen molar-refractivity contribution in [2.45, 2.75) is 57.6 Å². The molecule has 1 unspecified atom stereocenters. The van der Waals surface area contributed by atoms with Gasteiger partial charge in [-0.2, -0.15) is 0 Å². The number of amides is 2. The lowest BCUT2D eigenvalue weighted by molar-refractivity contribution is -0.140. The molecule has 7 nitrogen and oxygen atoms in total. The summed E-state index contributed by atoms with van der Waals surface area (Å²) in [6, 6.07) is 21.0. The summed E-state index contributed by atoms with van der Waals surface area (Å²) in [5, 5.41) is 3.32. The van der Waals surface area contributed by atoms with Crippen LogP contribution in [0.15, 0.2) is 83.8 Å². The molecular weight excluding hydrogens is 522 g/mol. The SMILES string of the molecule is Cc1cccc(CN(C(=O)CN(c2ccccc2)S(=O)(=O)c2ccc(Cl)cc2)C(C)C(=O)NC(C)(C)C)c1. The lowest BCUT2D eigenvalue weighted by Gasteiger charge is -2.33. The number of hydrogen-bond donors (Lipinski definition) is 1. The molecule has 3 rings (SSSR count). The highest BCUT2D eigenvalue weighted by Crippen LogP contribution is 2.25. The highest BCUT2D eigenvalue weighted by Gasteiger charge is 2.33. The van der Waals surface area contributed by atoms with Crippen LogP contribution in [0.25, 0.3) is 0 Å². The molecule has 9 heteroatoms. The molecule has 0 bridgehead atoms. The average molecular weight is 556 g/mol. The summed E-state index contributed by atoms with van der Waals surface area (Å²) in [5.41, 5.74) is 1.67. The largest absolute Gasteiger partial charge is 0.350 e. The maximum Gasteiger partial charge on any atom is 0.264 e. The van der Waals surface area contributed by atoms with Crippen LogP contribution in [0.2, 0.25) is 5.02 Å². The minimum absolute atomic E-state index is 0.00214. The van der Waals surface area contributed by atoms with Gasteiger partial charge < -0.3 is 10.2 Å². The Hall–Kier alpha value is -3.36. The maximum atomic E-state index is 13.9. The molecule has 0 saturated heterocycles. The van der Waals surface area contributed by atoms with E-state index in [-0.39, 0.29) is 17.3 Å². The molecule has 0 fully saturated rings. The molecule has 3 aromatic rings. The van der Waals surface area contributed by atoms with Crippen LogP contribution in [-0.2, 0) is 26.2 Å². The van der Waals surface area contributed by atoms with Gasteiger partial charge in [0.05, 0.1) is 10.6 Å². The van der Waals surface area contributed by atoms with E-state index >= 15 is 0 Å². The fraction of sp³-hybridized carbons (Fsp3) is 0.310.